The van der Waals surface area contributed by atoms with Crippen LogP contribution < -0.4 is 10.1 Å². The minimum absolute atomic E-state index is 0.00219. The third-order valence-electron chi connectivity index (χ3n) is 4.05. The molecular formula is C20H19BrClNO6. The summed E-state index contributed by atoms with van der Waals surface area (Å²) in [6.45, 7) is 1.70. The molecule has 0 aliphatic carbocycles. The molecule has 0 bridgehead atoms. The summed E-state index contributed by atoms with van der Waals surface area (Å²) in [5.41, 5.74) is 0.677. The fourth-order valence-electron chi connectivity index (χ4n) is 2.70. The number of esters is 1. The topological polar surface area (TPSA) is 102 Å². The lowest BCUT2D eigenvalue weighted by Gasteiger charge is -2.17. The molecule has 1 amide bonds. The minimum atomic E-state index is -1.69. The van der Waals surface area contributed by atoms with Crippen LogP contribution in [-0.2, 0) is 20.9 Å². The van der Waals surface area contributed by atoms with Gasteiger partial charge in [-0.3, -0.25) is 14.4 Å². The molecule has 0 radical (unpaired) electrons. The Labute approximate surface area is 181 Å². The van der Waals surface area contributed by atoms with E-state index in [0.717, 1.165) is 5.56 Å². The van der Waals surface area contributed by atoms with Crippen molar-refractivity contribution in [1.82, 2.24) is 5.32 Å². The number of carbonyl (C=O) groups is 3. The zero-order valence-corrected chi connectivity index (χ0v) is 18.0. The maximum absolute atomic E-state index is 12.8. The SMILES string of the molecule is CCOC(=O)C(C(=O)O)c1cc(Cl)c(Br)cc1C(=O)NCc1ccccc1OC. The molecule has 2 N–H and O–H groups in total. The molecule has 0 aromatic heterocycles. The molecule has 154 valence electrons. The van der Waals surface area contributed by atoms with Crippen molar-refractivity contribution in [2.75, 3.05) is 13.7 Å². The number of benzene rings is 2. The fourth-order valence-corrected chi connectivity index (χ4v) is 3.22. The Morgan fingerprint density at radius 1 is 1.24 bits per heavy atom. The van der Waals surface area contributed by atoms with E-state index in [9.17, 15) is 19.5 Å². The van der Waals surface area contributed by atoms with Crippen molar-refractivity contribution in [3.8, 4) is 5.75 Å². The van der Waals surface area contributed by atoms with Crippen LogP contribution in [0.25, 0.3) is 0 Å². The van der Waals surface area contributed by atoms with Crippen LogP contribution in [0.15, 0.2) is 40.9 Å². The van der Waals surface area contributed by atoms with E-state index in [2.05, 4.69) is 21.2 Å². The minimum Gasteiger partial charge on any atom is -0.496 e. The number of para-hydroxylation sites is 1. The van der Waals surface area contributed by atoms with E-state index in [-0.39, 0.29) is 29.3 Å². The molecule has 0 aliphatic heterocycles. The Bertz CT molecular complexity index is 933. The monoisotopic (exact) mass is 483 g/mol. The van der Waals surface area contributed by atoms with Crippen LogP contribution in [0, 0.1) is 0 Å². The number of carbonyl (C=O) groups excluding carboxylic acids is 2. The third kappa shape index (κ3) is 5.48. The lowest BCUT2D eigenvalue weighted by atomic mass is 9.93. The van der Waals surface area contributed by atoms with Gasteiger partial charge >= 0.3 is 11.9 Å². The first-order chi connectivity index (χ1) is 13.8. The number of halogens is 2. The van der Waals surface area contributed by atoms with Gasteiger partial charge in [0.25, 0.3) is 5.91 Å². The maximum atomic E-state index is 12.8. The van der Waals surface area contributed by atoms with Gasteiger partial charge in [0.05, 0.1) is 18.7 Å². The molecule has 9 heteroatoms. The molecule has 2 aromatic rings. The Kier molecular flexibility index (Phi) is 8.04. The first kappa shape index (κ1) is 22.7. The van der Waals surface area contributed by atoms with Crippen molar-refractivity contribution >= 4 is 45.4 Å². The second kappa shape index (κ2) is 10.3. The first-order valence-electron chi connectivity index (χ1n) is 8.58. The highest BCUT2D eigenvalue weighted by Crippen LogP contribution is 2.32. The molecule has 1 unspecified atom stereocenters. The Hall–Kier alpha value is -2.58. The highest BCUT2D eigenvalue weighted by molar-refractivity contribution is 9.10. The second-order valence-electron chi connectivity index (χ2n) is 5.87. The number of ether oxygens (including phenoxy) is 2. The predicted molar refractivity (Wildman–Crippen MR) is 110 cm³/mol. The van der Waals surface area contributed by atoms with Gasteiger partial charge in [-0.1, -0.05) is 29.8 Å². The number of hydrogen-bond acceptors (Lipinski definition) is 5. The zero-order valence-electron chi connectivity index (χ0n) is 15.7. The van der Waals surface area contributed by atoms with Gasteiger partial charge in [0.1, 0.15) is 5.75 Å². The van der Waals surface area contributed by atoms with Crippen molar-refractivity contribution in [3.05, 3.63) is 62.6 Å². The summed E-state index contributed by atoms with van der Waals surface area (Å²) in [4.78, 5) is 36.8. The van der Waals surface area contributed by atoms with Crippen molar-refractivity contribution in [1.29, 1.82) is 0 Å². The molecule has 2 rings (SSSR count). The van der Waals surface area contributed by atoms with Crippen LogP contribution in [0.5, 0.6) is 5.75 Å². The predicted octanol–water partition coefficient (Wildman–Crippen LogP) is 3.77. The van der Waals surface area contributed by atoms with Crippen LogP contribution in [0.2, 0.25) is 5.02 Å². The Morgan fingerprint density at radius 3 is 2.55 bits per heavy atom. The van der Waals surface area contributed by atoms with E-state index < -0.39 is 23.8 Å². The van der Waals surface area contributed by atoms with Crippen molar-refractivity contribution < 1.29 is 29.0 Å². The molecule has 7 nitrogen and oxygen atoms in total. The van der Waals surface area contributed by atoms with Gasteiger partial charge < -0.3 is 19.9 Å². The summed E-state index contributed by atoms with van der Waals surface area (Å²) >= 11 is 9.32. The summed E-state index contributed by atoms with van der Waals surface area (Å²) in [6.07, 6.45) is 0. The van der Waals surface area contributed by atoms with Gasteiger partial charge in [-0.05, 0) is 46.6 Å². The smallest absolute Gasteiger partial charge is 0.324 e. The van der Waals surface area contributed by atoms with Crippen molar-refractivity contribution in [2.24, 2.45) is 0 Å². The molecule has 29 heavy (non-hydrogen) atoms. The average Bonchev–Trinajstić information content (AvgIpc) is 2.68. The Morgan fingerprint density at radius 2 is 1.93 bits per heavy atom. The van der Waals surface area contributed by atoms with Gasteiger partial charge in [-0.2, -0.15) is 0 Å². The standard InChI is InChI=1S/C20H19BrClNO6/c1-3-29-20(27)17(19(25)26)12-9-15(22)14(21)8-13(12)18(24)23-10-11-6-4-5-7-16(11)28-2/h4-9,17H,3,10H2,1-2H3,(H,23,24)(H,25,26). The quantitative estimate of drug-likeness (QED) is 0.437. The van der Waals surface area contributed by atoms with Gasteiger partial charge in [0, 0.05) is 22.1 Å². The average molecular weight is 485 g/mol. The van der Waals surface area contributed by atoms with Gasteiger partial charge in [-0.25, -0.2) is 0 Å². The second-order valence-corrected chi connectivity index (χ2v) is 7.13. The molecule has 0 spiro atoms. The largest absolute Gasteiger partial charge is 0.496 e. The van der Waals surface area contributed by atoms with E-state index in [1.165, 1.54) is 19.2 Å². The van der Waals surface area contributed by atoms with Crippen LogP contribution >= 0.6 is 27.5 Å². The van der Waals surface area contributed by atoms with Crippen LogP contribution in [0.3, 0.4) is 0 Å². The van der Waals surface area contributed by atoms with E-state index in [1.54, 1.807) is 31.2 Å². The highest BCUT2D eigenvalue weighted by Gasteiger charge is 2.34. The molecular weight excluding hydrogens is 466 g/mol. The van der Waals surface area contributed by atoms with Gasteiger partial charge in [0.2, 0.25) is 0 Å². The maximum Gasteiger partial charge on any atom is 0.324 e. The molecule has 0 fully saturated rings. The van der Waals surface area contributed by atoms with Crippen molar-refractivity contribution in [3.63, 3.8) is 0 Å². The molecule has 1 atom stereocenters. The van der Waals surface area contributed by atoms with Crippen LogP contribution in [0.1, 0.15) is 34.3 Å². The molecule has 0 aliphatic rings. The lowest BCUT2D eigenvalue weighted by Crippen LogP contribution is -2.29. The third-order valence-corrected chi connectivity index (χ3v) is 5.25. The first-order valence-corrected chi connectivity index (χ1v) is 9.75. The molecule has 0 saturated carbocycles. The number of hydrogen-bond donors (Lipinski definition) is 2. The summed E-state index contributed by atoms with van der Waals surface area (Å²) in [6, 6.07) is 9.80. The lowest BCUT2D eigenvalue weighted by molar-refractivity contribution is -0.153. The van der Waals surface area contributed by atoms with E-state index in [0.29, 0.717) is 10.2 Å². The van der Waals surface area contributed by atoms with Crippen LogP contribution in [-0.4, -0.2) is 36.7 Å². The van der Waals surface area contributed by atoms with E-state index in [4.69, 9.17) is 21.1 Å². The number of nitrogens with one attached hydrogen (secondary N) is 1. The number of amides is 1. The highest BCUT2D eigenvalue weighted by atomic mass is 79.9. The summed E-state index contributed by atoms with van der Waals surface area (Å²) in [7, 11) is 1.52. The number of carboxylic acid groups (broad SMARTS) is 1. The van der Waals surface area contributed by atoms with E-state index >= 15 is 0 Å². The molecule has 2 aromatic carbocycles. The number of rotatable bonds is 8. The zero-order chi connectivity index (χ0) is 21.6. The van der Waals surface area contributed by atoms with Gasteiger partial charge in [0.15, 0.2) is 5.92 Å². The number of methoxy groups -OCH3 is 1. The van der Waals surface area contributed by atoms with E-state index in [1.807, 2.05) is 0 Å². The fraction of sp³-hybridized carbons (Fsp3) is 0.250. The van der Waals surface area contributed by atoms with Gasteiger partial charge in [-0.15, -0.1) is 0 Å². The summed E-state index contributed by atoms with van der Waals surface area (Å²) < 4.78 is 10.5. The molecule has 0 saturated heterocycles. The summed E-state index contributed by atoms with van der Waals surface area (Å²) in [5, 5.41) is 12.4. The van der Waals surface area contributed by atoms with Crippen LogP contribution in [0.4, 0.5) is 0 Å². The van der Waals surface area contributed by atoms with Crippen molar-refractivity contribution in [2.45, 2.75) is 19.4 Å². The number of aliphatic carboxylic acids is 1. The molecule has 0 heterocycles. The number of carboxylic acids is 1. The Balaban J connectivity index is 2.40. The normalized spacial score (nSPS) is 11.4. The summed E-state index contributed by atoms with van der Waals surface area (Å²) in [5.74, 6) is -4.08.